The van der Waals surface area contributed by atoms with Crippen molar-refractivity contribution >= 4 is 11.3 Å². The van der Waals surface area contributed by atoms with Crippen LogP contribution in [0.15, 0.2) is 29.9 Å². The zero-order chi connectivity index (χ0) is 14.0. The Morgan fingerprint density at radius 2 is 2.50 bits per heavy atom. The van der Waals surface area contributed by atoms with E-state index in [1.165, 1.54) is 4.88 Å². The lowest BCUT2D eigenvalue weighted by Gasteiger charge is -2.40. The summed E-state index contributed by atoms with van der Waals surface area (Å²) in [7, 11) is 1.95. The summed E-state index contributed by atoms with van der Waals surface area (Å²) in [6.45, 7) is 0.197. The highest BCUT2D eigenvalue weighted by Crippen LogP contribution is 2.37. The van der Waals surface area contributed by atoms with Crippen LogP contribution < -0.4 is 5.32 Å². The summed E-state index contributed by atoms with van der Waals surface area (Å²) in [6, 6.07) is 4.58. The highest BCUT2D eigenvalue weighted by atomic mass is 32.1. The van der Waals surface area contributed by atoms with Crippen LogP contribution >= 0.6 is 11.3 Å². The fourth-order valence-electron chi connectivity index (χ4n) is 3.22. The molecule has 20 heavy (non-hydrogen) atoms. The minimum absolute atomic E-state index is 0.139. The number of aromatic nitrogens is 2. The molecule has 0 bridgehead atoms. The molecule has 108 valence electrons. The Kier molecular flexibility index (Phi) is 3.92. The van der Waals surface area contributed by atoms with Crippen LogP contribution in [-0.2, 0) is 0 Å². The quantitative estimate of drug-likeness (QED) is 0.910. The first-order valence-electron chi connectivity index (χ1n) is 7.14. The molecule has 2 aromatic rings. The monoisotopic (exact) mass is 291 g/mol. The maximum Gasteiger partial charge on any atom is 0.150 e. The largest absolute Gasteiger partial charge is 0.394 e. The lowest BCUT2D eigenvalue weighted by atomic mass is 9.79. The van der Waals surface area contributed by atoms with Crippen LogP contribution in [-0.4, -0.2) is 33.9 Å². The fourth-order valence-corrected chi connectivity index (χ4v) is 3.95. The summed E-state index contributed by atoms with van der Waals surface area (Å²) in [4.78, 5) is 5.73. The van der Waals surface area contributed by atoms with E-state index >= 15 is 0 Å². The van der Waals surface area contributed by atoms with Crippen molar-refractivity contribution in [3.05, 3.63) is 29.9 Å². The Bertz CT molecular complexity index is 545. The molecule has 1 saturated carbocycles. The predicted molar refractivity (Wildman–Crippen MR) is 81.9 cm³/mol. The molecule has 0 radical (unpaired) electrons. The van der Waals surface area contributed by atoms with Gasteiger partial charge in [0.05, 0.1) is 11.5 Å². The Morgan fingerprint density at radius 1 is 1.60 bits per heavy atom. The van der Waals surface area contributed by atoms with Gasteiger partial charge in [0, 0.05) is 24.0 Å². The molecule has 0 saturated heterocycles. The summed E-state index contributed by atoms with van der Waals surface area (Å²) in [5.74, 6) is 1.05. The number of aliphatic hydroxyl groups is 1. The van der Waals surface area contributed by atoms with E-state index in [0.29, 0.717) is 6.04 Å². The smallest absolute Gasteiger partial charge is 0.150 e. The molecule has 4 nitrogen and oxygen atoms in total. The third kappa shape index (κ3) is 2.41. The van der Waals surface area contributed by atoms with Crippen LogP contribution in [0.25, 0.3) is 10.7 Å². The van der Waals surface area contributed by atoms with Crippen LogP contribution in [0, 0.1) is 0 Å². The normalized spacial score (nSPS) is 26.8. The highest BCUT2D eigenvalue weighted by molar-refractivity contribution is 7.13. The predicted octanol–water partition coefficient (Wildman–Crippen LogP) is 2.68. The summed E-state index contributed by atoms with van der Waals surface area (Å²) in [5, 5.41) is 15.1. The number of nitrogens with one attached hydrogen (secondary N) is 1. The van der Waals surface area contributed by atoms with Gasteiger partial charge in [-0.2, -0.15) is 0 Å². The van der Waals surface area contributed by atoms with Crippen molar-refractivity contribution in [1.29, 1.82) is 0 Å². The zero-order valence-electron chi connectivity index (χ0n) is 11.7. The molecule has 2 heterocycles. The van der Waals surface area contributed by atoms with E-state index in [1.807, 2.05) is 13.2 Å². The summed E-state index contributed by atoms with van der Waals surface area (Å²) < 4.78 is 2.28. The van der Waals surface area contributed by atoms with Gasteiger partial charge in [0.15, 0.2) is 0 Å². The second-order valence-electron chi connectivity index (χ2n) is 5.57. The molecule has 0 amide bonds. The summed E-state index contributed by atoms with van der Waals surface area (Å²) in [5.41, 5.74) is -0.139. The van der Waals surface area contributed by atoms with Gasteiger partial charge in [0.25, 0.3) is 0 Å². The van der Waals surface area contributed by atoms with Crippen molar-refractivity contribution < 1.29 is 5.11 Å². The third-order valence-electron chi connectivity index (χ3n) is 4.46. The minimum Gasteiger partial charge on any atom is -0.394 e. The number of aliphatic hydroxyl groups excluding tert-OH is 1. The van der Waals surface area contributed by atoms with Gasteiger partial charge >= 0.3 is 0 Å². The van der Waals surface area contributed by atoms with E-state index in [9.17, 15) is 5.11 Å². The molecular weight excluding hydrogens is 270 g/mol. The number of thiophene rings is 1. The van der Waals surface area contributed by atoms with Crippen molar-refractivity contribution in [3.8, 4) is 10.7 Å². The molecule has 2 unspecified atom stereocenters. The second-order valence-corrected chi connectivity index (χ2v) is 6.52. The average Bonchev–Trinajstić information content (AvgIpc) is 3.17. The minimum atomic E-state index is -0.139. The van der Waals surface area contributed by atoms with Gasteiger partial charge in [-0.3, -0.25) is 0 Å². The topological polar surface area (TPSA) is 50.1 Å². The maximum absolute atomic E-state index is 9.72. The van der Waals surface area contributed by atoms with E-state index in [2.05, 4.69) is 38.6 Å². The molecule has 2 atom stereocenters. The molecule has 2 aromatic heterocycles. The van der Waals surface area contributed by atoms with E-state index in [0.717, 1.165) is 31.5 Å². The van der Waals surface area contributed by atoms with Gasteiger partial charge in [0.2, 0.25) is 0 Å². The lowest BCUT2D eigenvalue weighted by molar-refractivity contribution is 0.105. The third-order valence-corrected chi connectivity index (χ3v) is 5.32. The van der Waals surface area contributed by atoms with Gasteiger partial charge in [-0.05, 0) is 44.2 Å². The molecule has 1 fully saturated rings. The molecule has 0 aromatic carbocycles. The van der Waals surface area contributed by atoms with E-state index in [-0.39, 0.29) is 12.1 Å². The van der Waals surface area contributed by atoms with Crippen molar-refractivity contribution in [2.24, 2.45) is 0 Å². The first-order chi connectivity index (χ1) is 9.78. The van der Waals surface area contributed by atoms with Crippen molar-refractivity contribution in [2.75, 3.05) is 13.7 Å². The molecule has 2 N–H and O–H groups in total. The Morgan fingerprint density at radius 3 is 3.20 bits per heavy atom. The molecule has 1 aliphatic carbocycles. The molecule has 0 aliphatic heterocycles. The number of hydrogen-bond donors (Lipinski definition) is 2. The maximum atomic E-state index is 9.72. The Hall–Kier alpha value is -1.17. The van der Waals surface area contributed by atoms with Crippen molar-refractivity contribution in [2.45, 2.75) is 37.3 Å². The van der Waals surface area contributed by atoms with Crippen molar-refractivity contribution in [1.82, 2.24) is 14.9 Å². The zero-order valence-corrected chi connectivity index (χ0v) is 12.6. The standard InChI is InChI=1S/C15H21N3OS/c1-16-15(11-19)6-2-4-12(10-15)18-8-7-17-14(18)13-5-3-9-20-13/h3,5,7-9,12,16,19H,2,4,6,10-11H2,1H3. The Balaban J connectivity index is 1.88. The number of rotatable bonds is 4. The molecule has 5 heteroatoms. The molecule has 1 aliphatic rings. The van der Waals surface area contributed by atoms with Gasteiger partial charge in [0.1, 0.15) is 5.82 Å². The molecule has 0 spiro atoms. The van der Waals surface area contributed by atoms with Crippen LogP contribution in [0.4, 0.5) is 0 Å². The second kappa shape index (κ2) is 5.68. The number of likely N-dealkylation sites (N-methyl/N-ethyl adjacent to an activating group) is 1. The first kappa shape index (κ1) is 13.8. The summed E-state index contributed by atoms with van der Waals surface area (Å²) >= 11 is 1.72. The Labute approximate surface area is 123 Å². The molecule has 3 rings (SSSR count). The van der Waals surface area contributed by atoms with E-state index in [1.54, 1.807) is 11.3 Å². The highest BCUT2D eigenvalue weighted by Gasteiger charge is 2.35. The van der Waals surface area contributed by atoms with Crippen molar-refractivity contribution in [3.63, 3.8) is 0 Å². The van der Waals surface area contributed by atoms with Crippen LogP contribution in [0.1, 0.15) is 31.7 Å². The first-order valence-corrected chi connectivity index (χ1v) is 8.02. The van der Waals surface area contributed by atoms with Gasteiger partial charge < -0.3 is 15.0 Å². The number of imidazole rings is 1. The number of nitrogens with zero attached hydrogens (tertiary/aromatic N) is 2. The van der Waals surface area contributed by atoms with Gasteiger partial charge in [-0.1, -0.05) is 6.07 Å². The van der Waals surface area contributed by atoms with E-state index < -0.39 is 0 Å². The molecular formula is C15H21N3OS. The number of hydrogen-bond acceptors (Lipinski definition) is 4. The van der Waals surface area contributed by atoms with Crippen LogP contribution in [0.5, 0.6) is 0 Å². The van der Waals surface area contributed by atoms with Gasteiger partial charge in [-0.25, -0.2) is 4.98 Å². The van der Waals surface area contributed by atoms with Crippen LogP contribution in [0.2, 0.25) is 0 Å². The SMILES string of the molecule is CNC1(CO)CCCC(n2ccnc2-c2cccs2)C1. The average molecular weight is 291 g/mol. The van der Waals surface area contributed by atoms with E-state index in [4.69, 9.17) is 0 Å². The van der Waals surface area contributed by atoms with Gasteiger partial charge in [-0.15, -0.1) is 11.3 Å². The summed E-state index contributed by atoms with van der Waals surface area (Å²) in [6.07, 6.45) is 8.23. The fraction of sp³-hybridized carbons (Fsp3) is 0.533. The lowest BCUT2D eigenvalue weighted by Crippen LogP contribution is -2.50. The van der Waals surface area contributed by atoms with Crippen LogP contribution in [0.3, 0.4) is 0 Å².